The number of hydrogen-bond donors (Lipinski definition) is 0. The molecule has 0 amide bonds. The van der Waals surface area contributed by atoms with Gasteiger partial charge in [0.25, 0.3) is 0 Å². The van der Waals surface area contributed by atoms with E-state index >= 15 is 0 Å². The second-order valence-corrected chi connectivity index (χ2v) is 5.04. The molecule has 0 N–H and O–H groups in total. The molecule has 1 aliphatic rings. The molecular weight excluding hydrogens is 256 g/mol. The molecule has 1 aliphatic carbocycles. The zero-order valence-electron chi connectivity index (χ0n) is 8.84. The number of ether oxygens (including phenoxy) is 1. The van der Waals surface area contributed by atoms with Crippen molar-refractivity contribution in [2.45, 2.75) is 25.2 Å². The molecule has 2 nitrogen and oxygen atoms in total. The fourth-order valence-electron chi connectivity index (χ4n) is 2.26. The lowest BCUT2D eigenvalue weighted by atomic mass is 9.84. The molecule has 0 bridgehead atoms. The fraction of sp³-hybridized carbons (Fsp3) is 0.417. The third kappa shape index (κ3) is 1.59. The lowest BCUT2D eigenvalue weighted by molar-refractivity contribution is -0.146. The van der Waals surface area contributed by atoms with Crippen molar-refractivity contribution < 1.29 is 9.53 Å². The summed E-state index contributed by atoms with van der Waals surface area (Å²) in [4.78, 5) is 11.7. The minimum absolute atomic E-state index is 0.136. The summed E-state index contributed by atoms with van der Waals surface area (Å²) in [5.74, 6) is -0.136. The van der Waals surface area contributed by atoms with Gasteiger partial charge in [-0.2, -0.15) is 0 Å². The molecule has 80 valence electrons. The Hall–Kier alpha value is -0.830. The first-order chi connectivity index (χ1) is 7.08. The Morgan fingerprint density at radius 1 is 1.53 bits per heavy atom. The number of hydrogen-bond acceptors (Lipinski definition) is 2. The molecule has 3 heteroatoms. The quantitative estimate of drug-likeness (QED) is 0.733. The topological polar surface area (TPSA) is 26.3 Å². The monoisotopic (exact) mass is 268 g/mol. The molecule has 0 saturated heterocycles. The van der Waals surface area contributed by atoms with Gasteiger partial charge >= 0.3 is 5.97 Å². The van der Waals surface area contributed by atoms with Crippen LogP contribution in [0.1, 0.15) is 24.5 Å². The van der Waals surface area contributed by atoms with Crippen LogP contribution in [-0.2, 0) is 21.4 Å². The van der Waals surface area contributed by atoms with Gasteiger partial charge in [-0.3, -0.25) is 4.79 Å². The zero-order valence-corrected chi connectivity index (χ0v) is 10.4. The van der Waals surface area contributed by atoms with Gasteiger partial charge in [0.05, 0.1) is 12.5 Å². The predicted molar refractivity (Wildman–Crippen MR) is 61.8 cm³/mol. The van der Waals surface area contributed by atoms with Crippen molar-refractivity contribution >= 4 is 21.9 Å². The highest BCUT2D eigenvalue weighted by atomic mass is 79.9. The first-order valence-electron chi connectivity index (χ1n) is 4.95. The average molecular weight is 269 g/mol. The number of benzene rings is 1. The third-order valence-corrected chi connectivity index (χ3v) is 3.69. The maximum absolute atomic E-state index is 11.7. The van der Waals surface area contributed by atoms with Gasteiger partial charge < -0.3 is 4.74 Å². The normalized spacial score (nSPS) is 23.7. The van der Waals surface area contributed by atoms with Crippen LogP contribution in [0.15, 0.2) is 22.7 Å². The van der Waals surface area contributed by atoms with Gasteiger partial charge in [0.2, 0.25) is 0 Å². The van der Waals surface area contributed by atoms with Gasteiger partial charge in [-0.05, 0) is 43.0 Å². The molecule has 0 heterocycles. The number of aryl methyl sites for hydroxylation is 1. The standard InChI is InChI=1S/C12H13BrO2/c1-12(11(14)15-2)6-5-8-7-9(13)3-4-10(8)12/h3-4,7H,5-6H2,1-2H3/t12-/m1/s1. The second kappa shape index (κ2) is 3.63. The summed E-state index contributed by atoms with van der Waals surface area (Å²) in [6, 6.07) is 6.08. The van der Waals surface area contributed by atoms with E-state index in [0.717, 1.165) is 22.9 Å². The third-order valence-electron chi connectivity index (χ3n) is 3.19. The molecular formula is C12H13BrO2. The lowest BCUT2D eigenvalue weighted by Gasteiger charge is -2.21. The molecule has 0 radical (unpaired) electrons. The molecule has 1 aromatic carbocycles. The fourth-order valence-corrected chi connectivity index (χ4v) is 2.67. The van der Waals surface area contributed by atoms with Gasteiger partial charge in [-0.15, -0.1) is 0 Å². The molecule has 0 aliphatic heterocycles. The van der Waals surface area contributed by atoms with Crippen LogP contribution in [0.5, 0.6) is 0 Å². The Morgan fingerprint density at radius 3 is 2.93 bits per heavy atom. The van der Waals surface area contributed by atoms with Crippen LogP contribution in [0.3, 0.4) is 0 Å². The predicted octanol–water partition coefficient (Wildman–Crippen LogP) is 2.83. The van der Waals surface area contributed by atoms with Crippen LogP contribution in [0.25, 0.3) is 0 Å². The van der Waals surface area contributed by atoms with E-state index in [9.17, 15) is 4.79 Å². The summed E-state index contributed by atoms with van der Waals surface area (Å²) in [5.41, 5.74) is 1.90. The van der Waals surface area contributed by atoms with Gasteiger partial charge in [-0.1, -0.05) is 22.0 Å². The van der Waals surface area contributed by atoms with E-state index < -0.39 is 5.41 Å². The number of carbonyl (C=O) groups is 1. The SMILES string of the molecule is COC(=O)[C@]1(C)CCc2cc(Br)ccc21. The lowest BCUT2D eigenvalue weighted by Crippen LogP contribution is -2.31. The van der Waals surface area contributed by atoms with Crippen LogP contribution in [0.2, 0.25) is 0 Å². The molecule has 1 aromatic rings. The summed E-state index contributed by atoms with van der Waals surface area (Å²) in [6.45, 7) is 1.96. The first kappa shape index (κ1) is 10.7. The summed E-state index contributed by atoms with van der Waals surface area (Å²) >= 11 is 3.44. The van der Waals surface area contributed by atoms with Crippen LogP contribution < -0.4 is 0 Å². The number of esters is 1. The van der Waals surface area contributed by atoms with Crippen molar-refractivity contribution in [2.75, 3.05) is 7.11 Å². The van der Waals surface area contributed by atoms with Gasteiger partial charge in [0.15, 0.2) is 0 Å². The number of carbonyl (C=O) groups excluding carboxylic acids is 1. The van der Waals surface area contributed by atoms with Crippen LogP contribution in [-0.4, -0.2) is 13.1 Å². The van der Waals surface area contributed by atoms with Gasteiger partial charge in [-0.25, -0.2) is 0 Å². The number of fused-ring (bicyclic) bond motifs is 1. The van der Waals surface area contributed by atoms with Crippen molar-refractivity contribution in [3.8, 4) is 0 Å². The molecule has 15 heavy (non-hydrogen) atoms. The highest BCUT2D eigenvalue weighted by Gasteiger charge is 2.41. The Kier molecular flexibility index (Phi) is 2.59. The summed E-state index contributed by atoms with van der Waals surface area (Å²) in [6.07, 6.45) is 1.78. The van der Waals surface area contributed by atoms with E-state index in [2.05, 4.69) is 22.0 Å². The Labute approximate surface area is 97.8 Å². The van der Waals surface area contributed by atoms with E-state index in [-0.39, 0.29) is 5.97 Å². The highest BCUT2D eigenvalue weighted by molar-refractivity contribution is 9.10. The average Bonchev–Trinajstić information content (AvgIpc) is 2.56. The maximum atomic E-state index is 11.7. The minimum atomic E-state index is -0.454. The maximum Gasteiger partial charge on any atom is 0.316 e. The van der Waals surface area contributed by atoms with Gasteiger partial charge in [0, 0.05) is 4.47 Å². The summed E-state index contributed by atoms with van der Waals surface area (Å²) in [5, 5.41) is 0. The second-order valence-electron chi connectivity index (χ2n) is 4.13. The van der Waals surface area contributed by atoms with E-state index in [4.69, 9.17) is 4.74 Å². The summed E-state index contributed by atoms with van der Waals surface area (Å²) in [7, 11) is 1.45. The minimum Gasteiger partial charge on any atom is -0.468 e. The molecule has 2 rings (SSSR count). The Balaban J connectivity index is 2.48. The molecule has 0 saturated carbocycles. The van der Waals surface area contributed by atoms with E-state index in [1.807, 2.05) is 19.1 Å². The molecule has 0 fully saturated rings. The molecule has 0 unspecified atom stereocenters. The number of methoxy groups -OCH3 is 1. The Morgan fingerprint density at radius 2 is 2.27 bits per heavy atom. The highest BCUT2D eigenvalue weighted by Crippen LogP contribution is 2.40. The van der Waals surface area contributed by atoms with E-state index in [1.54, 1.807) is 0 Å². The van der Waals surface area contributed by atoms with E-state index in [1.165, 1.54) is 12.7 Å². The van der Waals surface area contributed by atoms with Crippen molar-refractivity contribution in [3.63, 3.8) is 0 Å². The largest absolute Gasteiger partial charge is 0.468 e. The van der Waals surface area contributed by atoms with Crippen LogP contribution in [0, 0.1) is 0 Å². The van der Waals surface area contributed by atoms with Gasteiger partial charge in [0.1, 0.15) is 0 Å². The molecule has 1 atom stereocenters. The van der Waals surface area contributed by atoms with Crippen molar-refractivity contribution in [2.24, 2.45) is 0 Å². The zero-order chi connectivity index (χ0) is 11.1. The Bertz CT molecular complexity index is 414. The number of rotatable bonds is 1. The first-order valence-corrected chi connectivity index (χ1v) is 5.74. The van der Waals surface area contributed by atoms with Crippen molar-refractivity contribution in [3.05, 3.63) is 33.8 Å². The smallest absolute Gasteiger partial charge is 0.316 e. The summed E-state index contributed by atoms with van der Waals surface area (Å²) < 4.78 is 5.94. The van der Waals surface area contributed by atoms with Crippen molar-refractivity contribution in [1.29, 1.82) is 0 Å². The van der Waals surface area contributed by atoms with E-state index in [0.29, 0.717) is 0 Å². The van der Waals surface area contributed by atoms with Crippen LogP contribution in [0.4, 0.5) is 0 Å². The molecule has 0 spiro atoms. The number of halogens is 1. The molecule has 0 aromatic heterocycles. The van der Waals surface area contributed by atoms with Crippen molar-refractivity contribution in [1.82, 2.24) is 0 Å². The van der Waals surface area contributed by atoms with Crippen LogP contribution >= 0.6 is 15.9 Å².